The molecule has 0 fully saturated rings. The van der Waals surface area contributed by atoms with Crippen molar-refractivity contribution >= 4 is 27.4 Å². The quantitative estimate of drug-likeness (QED) is 0.739. The van der Waals surface area contributed by atoms with Crippen LogP contribution in [0.25, 0.3) is 21.2 Å². The van der Waals surface area contributed by atoms with Crippen LogP contribution in [-0.2, 0) is 0 Å². The zero-order valence-electron chi connectivity index (χ0n) is 10.4. The Balaban J connectivity index is 2.33. The summed E-state index contributed by atoms with van der Waals surface area (Å²) >= 11 is 1.64. The van der Waals surface area contributed by atoms with Crippen LogP contribution in [0.5, 0.6) is 0 Å². The number of thiophene rings is 1. The predicted molar refractivity (Wildman–Crippen MR) is 79.0 cm³/mol. The molecule has 3 aromatic rings. The van der Waals surface area contributed by atoms with E-state index in [1.54, 1.807) is 17.4 Å². The summed E-state index contributed by atoms with van der Waals surface area (Å²) in [6.07, 6.45) is 0. The molecule has 0 aliphatic rings. The van der Waals surface area contributed by atoms with E-state index >= 15 is 0 Å². The lowest BCUT2D eigenvalue weighted by Gasteiger charge is -2.08. The zero-order chi connectivity index (χ0) is 13.4. The standard InChI is InChI=1S/C16H12O2S/c1-10-5-6-12(14(9-10)16(17)18)13-4-2-3-11-7-8-19-15(11)13/h2-9H,1H3,(H,17,18). The Hall–Kier alpha value is -2.13. The molecule has 0 saturated carbocycles. The number of aromatic carboxylic acids is 1. The number of fused-ring (bicyclic) bond motifs is 1. The summed E-state index contributed by atoms with van der Waals surface area (Å²) in [4.78, 5) is 11.4. The van der Waals surface area contributed by atoms with E-state index < -0.39 is 5.97 Å². The third-order valence-corrected chi connectivity index (χ3v) is 4.14. The van der Waals surface area contributed by atoms with Gasteiger partial charge in [-0.05, 0) is 35.4 Å². The summed E-state index contributed by atoms with van der Waals surface area (Å²) in [7, 11) is 0. The number of aryl methyl sites for hydroxylation is 1. The highest BCUT2D eigenvalue weighted by Crippen LogP contribution is 2.34. The second-order valence-corrected chi connectivity index (χ2v) is 5.41. The van der Waals surface area contributed by atoms with Gasteiger partial charge in [-0.2, -0.15) is 0 Å². The van der Waals surface area contributed by atoms with Crippen LogP contribution in [0, 0.1) is 6.92 Å². The lowest BCUT2D eigenvalue weighted by molar-refractivity contribution is 0.0697. The number of carbonyl (C=O) groups is 1. The summed E-state index contributed by atoms with van der Waals surface area (Å²) in [6, 6.07) is 13.6. The fourth-order valence-corrected chi connectivity index (χ4v) is 3.20. The monoisotopic (exact) mass is 268 g/mol. The van der Waals surface area contributed by atoms with E-state index in [0.29, 0.717) is 5.56 Å². The molecule has 0 unspecified atom stereocenters. The maximum Gasteiger partial charge on any atom is 0.336 e. The highest BCUT2D eigenvalue weighted by molar-refractivity contribution is 7.17. The molecule has 94 valence electrons. The molecule has 1 N–H and O–H groups in total. The Kier molecular flexibility index (Phi) is 2.84. The van der Waals surface area contributed by atoms with Gasteiger partial charge in [-0.15, -0.1) is 11.3 Å². The molecule has 0 radical (unpaired) electrons. The second kappa shape index (κ2) is 4.52. The Labute approximate surface area is 114 Å². The van der Waals surface area contributed by atoms with Crippen LogP contribution in [0.4, 0.5) is 0 Å². The molecule has 19 heavy (non-hydrogen) atoms. The third-order valence-electron chi connectivity index (χ3n) is 3.17. The molecule has 0 aliphatic carbocycles. The van der Waals surface area contributed by atoms with E-state index in [0.717, 1.165) is 26.8 Å². The summed E-state index contributed by atoms with van der Waals surface area (Å²) in [5.74, 6) is -0.882. The molecule has 0 spiro atoms. The summed E-state index contributed by atoms with van der Waals surface area (Å²) in [5.41, 5.74) is 3.09. The van der Waals surface area contributed by atoms with Crippen molar-refractivity contribution < 1.29 is 9.90 Å². The zero-order valence-corrected chi connectivity index (χ0v) is 11.2. The van der Waals surface area contributed by atoms with E-state index in [1.165, 1.54) is 0 Å². The van der Waals surface area contributed by atoms with E-state index in [2.05, 4.69) is 6.07 Å². The Morgan fingerprint density at radius 2 is 1.95 bits per heavy atom. The maximum absolute atomic E-state index is 11.4. The number of hydrogen-bond donors (Lipinski definition) is 1. The highest BCUT2D eigenvalue weighted by atomic mass is 32.1. The van der Waals surface area contributed by atoms with Gasteiger partial charge in [0.2, 0.25) is 0 Å². The Morgan fingerprint density at radius 1 is 1.11 bits per heavy atom. The number of rotatable bonds is 2. The Bertz CT molecular complexity index is 771. The minimum atomic E-state index is -0.882. The molecule has 3 rings (SSSR count). The van der Waals surface area contributed by atoms with Gasteiger partial charge in [-0.1, -0.05) is 35.9 Å². The summed E-state index contributed by atoms with van der Waals surface area (Å²) < 4.78 is 1.13. The van der Waals surface area contributed by atoms with Gasteiger partial charge in [0.1, 0.15) is 0 Å². The lowest BCUT2D eigenvalue weighted by atomic mass is 9.97. The molecule has 0 atom stereocenters. The molecule has 2 nitrogen and oxygen atoms in total. The fraction of sp³-hybridized carbons (Fsp3) is 0.0625. The minimum Gasteiger partial charge on any atom is -0.478 e. The van der Waals surface area contributed by atoms with Crippen LogP contribution in [0.2, 0.25) is 0 Å². The van der Waals surface area contributed by atoms with E-state index in [9.17, 15) is 9.90 Å². The SMILES string of the molecule is Cc1ccc(-c2cccc3ccsc23)c(C(=O)O)c1. The molecular weight excluding hydrogens is 256 g/mol. The van der Waals surface area contributed by atoms with Gasteiger partial charge in [-0.25, -0.2) is 4.79 Å². The van der Waals surface area contributed by atoms with Crippen LogP contribution in [0.15, 0.2) is 47.8 Å². The third kappa shape index (κ3) is 2.02. The average molecular weight is 268 g/mol. The largest absolute Gasteiger partial charge is 0.478 e. The number of hydrogen-bond acceptors (Lipinski definition) is 2. The molecule has 0 bridgehead atoms. The van der Waals surface area contributed by atoms with E-state index in [-0.39, 0.29) is 0 Å². The van der Waals surface area contributed by atoms with Crippen molar-refractivity contribution in [3.63, 3.8) is 0 Å². The second-order valence-electron chi connectivity index (χ2n) is 4.50. The molecule has 2 aromatic carbocycles. The smallest absolute Gasteiger partial charge is 0.336 e. The molecule has 1 heterocycles. The minimum absolute atomic E-state index is 0.362. The van der Waals surface area contributed by atoms with Crippen molar-refractivity contribution in [2.24, 2.45) is 0 Å². The van der Waals surface area contributed by atoms with Crippen LogP contribution in [0.3, 0.4) is 0 Å². The van der Waals surface area contributed by atoms with Crippen molar-refractivity contribution in [3.05, 3.63) is 59.0 Å². The van der Waals surface area contributed by atoms with Gasteiger partial charge in [0, 0.05) is 10.3 Å². The van der Waals surface area contributed by atoms with Crippen LogP contribution in [0.1, 0.15) is 15.9 Å². The van der Waals surface area contributed by atoms with Crippen LogP contribution in [-0.4, -0.2) is 11.1 Å². The van der Waals surface area contributed by atoms with Gasteiger partial charge < -0.3 is 5.11 Å². The highest BCUT2D eigenvalue weighted by Gasteiger charge is 2.14. The molecule has 3 heteroatoms. The Morgan fingerprint density at radius 3 is 2.74 bits per heavy atom. The van der Waals surface area contributed by atoms with Crippen molar-refractivity contribution in [1.29, 1.82) is 0 Å². The van der Waals surface area contributed by atoms with Crippen LogP contribution < -0.4 is 0 Å². The van der Waals surface area contributed by atoms with Gasteiger partial charge >= 0.3 is 5.97 Å². The van der Waals surface area contributed by atoms with Crippen molar-refractivity contribution in [3.8, 4) is 11.1 Å². The number of carboxylic acids is 1. The predicted octanol–water partition coefficient (Wildman–Crippen LogP) is 4.57. The molecule has 1 aromatic heterocycles. The maximum atomic E-state index is 11.4. The van der Waals surface area contributed by atoms with Gasteiger partial charge in [-0.3, -0.25) is 0 Å². The lowest BCUT2D eigenvalue weighted by Crippen LogP contribution is -2.00. The molecule has 0 saturated heterocycles. The fourth-order valence-electron chi connectivity index (χ4n) is 2.28. The first-order valence-corrected chi connectivity index (χ1v) is 6.85. The number of benzene rings is 2. The first-order valence-electron chi connectivity index (χ1n) is 5.97. The van der Waals surface area contributed by atoms with Crippen molar-refractivity contribution in [2.75, 3.05) is 0 Å². The van der Waals surface area contributed by atoms with Gasteiger partial charge in [0.05, 0.1) is 5.56 Å². The molecule has 0 amide bonds. The van der Waals surface area contributed by atoms with Crippen molar-refractivity contribution in [2.45, 2.75) is 6.92 Å². The summed E-state index contributed by atoms with van der Waals surface area (Å²) in [5, 5.41) is 12.6. The van der Waals surface area contributed by atoms with E-state index in [1.807, 2.05) is 42.6 Å². The number of carboxylic acid groups (broad SMARTS) is 1. The van der Waals surface area contributed by atoms with Crippen LogP contribution >= 0.6 is 11.3 Å². The summed E-state index contributed by atoms with van der Waals surface area (Å²) in [6.45, 7) is 1.90. The van der Waals surface area contributed by atoms with Crippen molar-refractivity contribution in [1.82, 2.24) is 0 Å². The van der Waals surface area contributed by atoms with E-state index in [4.69, 9.17) is 0 Å². The topological polar surface area (TPSA) is 37.3 Å². The molecule has 0 aliphatic heterocycles. The molecular formula is C16H12O2S. The first kappa shape index (κ1) is 11.9. The van der Waals surface area contributed by atoms with Gasteiger partial charge in [0.15, 0.2) is 0 Å². The average Bonchev–Trinajstić information content (AvgIpc) is 2.86. The first-order chi connectivity index (χ1) is 9.16. The normalized spacial score (nSPS) is 10.8. The van der Waals surface area contributed by atoms with Gasteiger partial charge in [0.25, 0.3) is 0 Å².